The summed E-state index contributed by atoms with van der Waals surface area (Å²) >= 11 is 1.58. The largest absolute Gasteiger partial charge is 0.444 e. The molecular formula is C42H66N6O7S. The fourth-order valence-corrected chi connectivity index (χ4v) is 7.98. The Bertz CT molecular complexity index is 1560. The van der Waals surface area contributed by atoms with Gasteiger partial charge in [0.1, 0.15) is 24.3 Å². The molecule has 3 heterocycles. The highest BCUT2D eigenvalue weighted by molar-refractivity contribution is 7.13. The maximum absolute atomic E-state index is 13.9. The molecule has 0 aliphatic carbocycles. The number of likely N-dealkylation sites (tertiary alicyclic amines) is 2. The predicted octanol–water partition coefficient (Wildman–Crippen LogP) is 5.57. The summed E-state index contributed by atoms with van der Waals surface area (Å²) in [4.78, 5) is 61.5. The number of carbonyl (C=O) groups is 4. The van der Waals surface area contributed by atoms with Crippen molar-refractivity contribution in [1.82, 2.24) is 30.7 Å². The number of β-amino-alcohol motifs (C(OH)–C–C–N with tert-alkyl or cyclic N) is 1. The predicted molar refractivity (Wildman–Crippen MR) is 219 cm³/mol. The van der Waals surface area contributed by atoms with Crippen LogP contribution >= 0.6 is 11.3 Å². The van der Waals surface area contributed by atoms with Crippen LogP contribution in [0.15, 0.2) is 29.8 Å². The molecule has 1 aromatic heterocycles. The average Bonchev–Trinajstić information content (AvgIpc) is 3.74. The summed E-state index contributed by atoms with van der Waals surface area (Å²) in [6.07, 6.45) is 7.29. The highest BCUT2D eigenvalue weighted by Crippen LogP contribution is 2.28. The standard InChI is InChI=1S/C42H66N6O7S/c1-29-36(56-28-44-29)31-16-14-30(15-17-31)25-43-38(51)34-24-33(49)26-48(34)39(52)37(41(2,3)4)46-35(50)27-54-23-13-11-9-8-10-12-20-47-21-18-32(19-22-47)45-40(53)55-42(5,6)7/h14-17,28,32-34,37,49H,8-13,18-27H2,1-7H3,(H,43,51)(H,45,53)(H,46,50)/t33-,34+,37-/m1/s1. The van der Waals surface area contributed by atoms with Crippen LogP contribution in [0.2, 0.25) is 0 Å². The lowest BCUT2D eigenvalue weighted by Crippen LogP contribution is -2.58. The van der Waals surface area contributed by atoms with Crippen LogP contribution in [0.25, 0.3) is 10.4 Å². The molecule has 0 saturated carbocycles. The van der Waals surface area contributed by atoms with Gasteiger partial charge in [-0.25, -0.2) is 9.78 Å². The Hall–Kier alpha value is -3.59. The van der Waals surface area contributed by atoms with Gasteiger partial charge in [-0.05, 0) is 76.5 Å². The molecule has 2 aliphatic rings. The molecule has 4 rings (SSSR count). The first-order chi connectivity index (χ1) is 26.5. The van der Waals surface area contributed by atoms with Gasteiger partial charge in [0.25, 0.3) is 0 Å². The number of hydrogen-bond acceptors (Lipinski definition) is 10. The van der Waals surface area contributed by atoms with E-state index in [1.165, 1.54) is 11.3 Å². The number of rotatable bonds is 18. The second-order valence-electron chi connectivity index (χ2n) is 17.4. The number of aromatic nitrogens is 1. The SMILES string of the molecule is Cc1ncsc1-c1ccc(CNC(=O)[C@@H]2C[C@@H](O)CN2C(=O)[C@@H](NC(=O)COCCCCCCCCN2CCC(NC(=O)OC(C)(C)C)CC2)C(C)(C)C)cc1. The molecule has 2 aromatic rings. The van der Waals surface area contributed by atoms with Crippen molar-refractivity contribution in [3.8, 4) is 10.4 Å². The molecule has 2 saturated heterocycles. The first kappa shape index (κ1) is 45.1. The molecule has 13 nitrogen and oxygen atoms in total. The Morgan fingerprint density at radius 2 is 1.62 bits per heavy atom. The Labute approximate surface area is 337 Å². The van der Waals surface area contributed by atoms with Crippen molar-refractivity contribution in [2.45, 2.75) is 143 Å². The zero-order valence-corrected chi connectivity index (χ0v) is 35.5. The Morgan fingerprint density at radius 3 is 2.25 bits per heavy atom. The summed E-state index contributed by atoms with van der Waals surface area (Å²) in [5.74, 6) is -1.13. The van der Waals surface area contributed by atoms with Crippen LogP contribution < -0.4 is 16.0 Å². The molecule has 0 radical (unpaired) electrons. The van der Waals surface area contributed by atoms with E-state index in [0.717, 1.165) is 86.3 Å². The molecular weight excluding hydrogens is 733 g/mol. The number of unbranched alkanes of at least 4 members (excludes halogenated alkanes) is 5. The van der Waals surface area contributed by atoms with Crippen LogP contribution in [-0.2, 0) is 30.4 Å². The number of aliphatic hydroxyl groups excluding tert-OH is 1. The molecule has 14 heteroatoms. The number of aliphatic hydroxyl groups is 1. The lowest BCUT2D eigenvalue weighted by Gasteiger charge is -2.35. The average molecular weight is 799 g/mol. The van der Waals surface area contributed by atoms with E-state index in [9.17, 15) is 24.3 Å². The molecule has 312 valence electrons. The molecule has 3 atom stereocenters. The summed E-state index contributed by atoms with van der Waals surface area (Å²) in [6, 6.07) is 6.35. The minimum Gasteiger partial charge on any atom is -0.444 e. The van der Waals surface area contributed by atoms with Crippen LogP contribution in [0.4, 0.5) is 4.79 Å². The molecule has 2 fully saturated rings. The van der Waals surface area contributed by atoms with Gasteiger partial charge in [-0.3, -0.25) is 14.4 Å². The topological polar surface area (TPSA) is 162 Å². The molecule has 4 N–H and O–H groups in total. The molecule has 0 spiro atoms. The number of ether oxygens (including phenoxy) is 2. The van der Waals surface area contributed by atoms with Crippen molar-refractivity contribution in [1.29, 1.82) is 0 Å². The van der Waals surface area contributed by atoms with E-state index < -0.39 is 35.1 Å². The van der Waals surface area contributed by atoms with E-state index in [-0.39, 0.29) is 50.1 Å². The minimum atomic E-state index is -0.901. The van der Waals surface area contributed by atoms with E-state index in [0.29, 0.717) is 6.61 Å². The lowest BCUT2D eigenvalue weighted by atomic mass is 9.85. The van der Waals surface area contributed by atoms with Crippen LogP contribution in [0.3, 0.4) is 0 Å². The summed E-state index contributed by atoms with van der Waals surface area (Å²) in [5, 5.41) is 19.3. The number of hydrogen-bond donors (Lipinski definition) is 4. The van der Waals surface area contributed by atoms with Crippen molar-refractivity contribution in [3.63, 3.8) is 0 Å². The summed E-state index contributed by atoms with van der Waals surface area (Å²) in [5.41, 5.74) is 3.65. The zero-order valence-electron chi connectivity index (χ0n) is 34.7. The lowest BCUT2D eigenvalue weighted by molar-refractivity contribution is -0.144. The zero-order chi connectivity index (χ0) is 40.9. The Morgan fingerprint density at radius 1 is 0.964 bits per heavy atom. The van der Waals surface area contributed by atoms with Crippen LogP contribution in [-0.4, -0.2) is 113 Å². The monoisotopic (exact) mass is 798 g/mol. The number of nitrogens with one attached hydrogen (secondary N) is 3. The maximum Gasteiger partial charge on any atom is 0.407 e. The first-order valence-corrected chi connectivity index (χ1v) is 21.2. The summed E-state index contributed by atoms with van der Waals surface area (Å²) in [7, 11) is 0. The van der Waals surface area contributed by atoms with Gasteiger partial charge < -0.3 is 40.3 Å². The number of aryl methyl sites for hydroxylation is 1. The molecule has 4 amide bonds. The highest BCUT2D eigenvalue weighted by atomic mass is 32.1. The smallest absolute Gasteiger partial charge is 0.407 e. The van der Waals surface area contributed by atoms with Crippen molar-refractivity contribution in [3.05, 3.63) is 41.0 Å². The fraction of sp³-hybridized carbons (Fsp3) is 0.690. The normalized spacial score (nSPS) is 18.8. The van der Waals surface area contributed by atoms with E-state index >= 15 is 0 Å². The molecule has 1 aromatic carbocycles. The van der Waals surface area contributed by atoms with Gasteiger partial charge >= 0.3 is 6.09 Å². The van der Waals surface area contributed by atoms with Gasteiger partial charge in [-0.2, -0.15) is 0 Å². The minimum absolute atomic E-state index is 0.0204. The number of thiazole rings is 1. The molecule has 56 heavy (non-hydrogen) atoms. The van der Waals surface area contributed by atoms with Gasteiger partial charge in [-0.15, -0.1) is 11.3 Å². The number of carbonyl (C=O) groups excluding carboxylic acids is 4. The van der Waals surface area contributed by atoms with Crippen molar-refractivity contribution in [2.24, 2.45) is 5.41 Å². The van der Waals surface area contributed by atoms with Gasteiger partial charge in [0.15, 0.2) is 0 Å². The Balaban J connectivity index is 1.10. The second kappa shape index (κ2) is 21.2. The number of nitrogens with zero attached hydrogens (tertiary/aromatic N) is 3. The third-order valence-electron chi connectivity index (χ3n) is 10.3. The second-order valence-corrected chi connectivity index (χ2v) is 18.2. The third-order valence-corrected chi connectivity index (χ3v) is 11.2. The maximum atomic E-state index is 13.9. The van der Waals surface area contributed by atoms with Crippen molar-refractivity contribution in [2.75, 3.05) is 39.4 Å². The number of piperidine rings is 1. The summed E-state index contributed by atoms with van der Waals surface area (Å²) in [6.45, 7) is 16.8. The first-order valence-electron chi connectivity index (χ1n) is 20.3. The highest BCUT2D eigenvalue weighted by Gasteiger charge is 2.44. The molecule has 0 unspecified atom stereocenters. The number of benzene rings is 1. The van der Waals surface area contributed by atoms with Crippen molar-refractivity contribution < 1.29 is 33.8 Å². The van der Waals surface area contributed by atoms with Gasteiger partial charge in [-0.1, -0.05) is 70.7 Å². The van der Waals surface area contributed by atoms with Gasteiger partial charge in [0, 0.05) is 45.2 Å². The van der Waals surface area contributed by atoms with Crippen molar-refractivity contribution >= 4 is 35.2 Å². The van der Waals surface area contributed by atoms with Crippen LogP contribution in [0.5, 0.6) is 0 Å². The quantitative estimate of drug-likeness (QED) is 0.141. The van der Waals surface area contributed by atoms with E-state index in [1.54, 1.807) is 11.3 Å². The third kappa shape index (κ3) is 14.7. The van der Waals surface area contributed by atoms with Crippen LogP contribution in [0, 0.1) is 12.3 Å². The number of amides is 4. The fourth-order valence-electron chi connectivity index (χ4n) is 7.17. The van der Waals surface area contributed by atoms with Gasteiger partial charge in [0.05, 0.1) is 22.2 Å². The molecule has 2 aliphatic heterocycles. The summed E-state index contributed by atoms with van der Waals surface area (Å²) < 4.78 is 11.1. The number of alkyl carbamates (subject to hydrolysis) is 1. The van der Waals surface area contributed by atoms with E-state index in [4.69, 9.17) is 9.47 Å². The van der Waals surface area contributed by atoms with E-state index in [2.05, 4.69) is 25.8 Å². The Kier molecular flexibility index (Phi) is 17.1. The molecule has 0 bridgehead atoms. The van der Waals surface area contributed by atoms with E-state index in [1.807, 2.05) is 78.2 Å². The van der Waals surface area contributed by atoms with Crippen LogP contribution in [0.1, 0.15) is 111 Å². The van der Waals surface area contributed by atoms with Gasteiger partial charge in [0.2, 0.25) is 17.7 Å².